The van der Waals surface area contributed by atoms with Gasteiger partial charge in [-0.25, -0.2) is 0 Å². The molecular formula is C19H16Cl2N2O2. The molecule has 1 heterocycles. The Labute approximate surface area is 155 Å². The molecule has 1 N–H and O–H groups in total. The van der Waals surface area contributed by atoms with E-state index in [0.29, 0.717) is 22.3 Å². The molecule has 0 saturated heterocycles. The molecule has 0 spiro atoms. The Morgan fingerprint density at radius 2 is 1.96 bits per heavy atom. The Morgan fingerprint density at radius 3 is 2.80 bits per heavy atom. The van der Waals surface area contributed by atoms with Crippen LogP contribution < -0.4 is 10.1 Å². The van der Waals surface area contributed by atoms with Crippen LogP contribution >= 0.6 is 23.2 Å². The molecule has 0 saturated carbocycles. The van der Waals surface area contributed by atoms with E-state index in [1.165, 1.54) is 0 Å². The monoisotopic (exact) mass is 374 g/mol. The van der Waals surface area contributed by atoms with E-state index >= 15 is 0 Å². The second-order valence-electron chi connectivity index (χ2n) is 5.58. The fourth-order valence-corrected chi connectivity index (χ4v) is 2.85. The number of rotatable bonds is 5. The Hall–Kier alpha value is -2.30. The molecule has 1 amide bonds. The molecular weight excluding hydrogens is 359 g/mol. The van der Waals surface area contributed by atoms with Crippen molar-refractivity contribution in [1.29, 1.82) is 0 Å². The van der Waals surface area contributed by atoms with Crippen molar-refractivity contribution < 1.29 is 9.53 Å². The average molecular weight is 375 g/mol. The number of hydrogen-bond acceptors (Lipinski definition) is 3. The third kappa shape index (κ3) is 4.41. The van der Waals surface area contributed by atoms with Crippen molar-refractivity contribution in [3.63, 3.8) is 0 Å². The van der Waals surface area contributed by atoms with Crippen LogP contribution in [0.5, 0.6) is 5.75 Å². The van der Waals surface area contributed by atoms with Gasteiger partial charge in [0.05, 0.1) is 10.5 Å². The average Bonchev–Trinajstić information content (AvgIpc) is 2.60. The minimum absolute atomic E-state index is 0.137. The summed E-state index contributed by atoms with van der Waals surface area (Å²) in [6, 6.07) is 14.7. The van der Waals surface area contributed by atoms with Gasteiger partial charge in [-0.1, -0.05) is 41.4 Å². The summed E-state index contributed by atoms with van der Waals surface area (Å²) in [5, 5.41) is 4.78. The first kappa shape index (κ1) is 17.5. The molecule has 0 fully saturated rings. The zero-order valence-corrected chi connectivity index (χ0v) is 15.1. The number of aryl methyl sites for hydroxylation is 1. The van der Waals surface area contributed by atoms with Gasteiger partial charge in [0.2, 0.25) is 0 Å². The van der Waals surface area contributed by atoms with E-state index in [2.05, 4.69) is 10.3 Å². The lowest BCUT2D eigenvalue weighted by atomic mass is 10.1. The molecule has 0 bridgehead atoms. The quantitative estimate of drug-likeness (QED) is 0.712. The molecule has 2 aromatic carbocycles. The maximum absolute atomic E-state index is 12.1. The highest BCUT2D eigenvalue weighted by molar-refractivity contribution is 6.34. The zero-order chi connectivity index (χ0) is 17.8. The van der Waals surface area contributed by atoms with Crippen LogP contribution in [0.2, 0.25) is 10.0 Å². The number of benzene rings is 2. The minimum atomic E-state index is -0.241. The lowest BCUT2D eigenvalue weighted by molar-refractivity contribution is -0.123. The summed E-state index contributed by atoms with van der Waals surface area (Å²) in [5.74, 6) is 0.143. The van der Waals surface area contributed by atoms with Crippen LogP contribution in [0.3, 0.4) is 0 Å². The first-order valence-corrected chi connectivity index (χ1v) is 8.48. The van der Waals surface area contributed by atoms with Gasteiger partial charge in [0.15, 0.2) is 6.61 Å². The number of hydrogen-bond donors (Lipinski definition) is 1. The summed E-state index contributed by atoms with van der Waals surface area (Å²) < 4.78 is 5.44. The van der Waals surface area contributed by atoms with Crippen LogP contribution in [0.4, 0.5) is 0 Å². The van der Waals surface area contributed by atoms with E-state index in [1.54, 1.807) is 18.2 Å². The Balaban J connectivity index is 1.64. The van der Waals surface area contributed by atoms with Crippen LogP contribution in [0, 0.1) is 6.92 Å². The number of carbonyl (C=O) groups excluding carboxylic acids is 1. The molecule has 0 aliphatic rings. The molecule has 1 aromatic heterocycles. The van der Waals surface area contributed by atoms with E-state index in [-0.39, 0.29) is 12.5 Å². The van der Waals surface area contributed by atoms with Crippen LogP contribution in [0.15, 0.2) is 48.5 Å². The van der Waals surface area contributed by atoms with Gasteiger partial charge in [-0.2, -0.15) is 0 Å². The molecule has 6 heteroatoms. The van der Waals surface area contributed by atoms with Crippen molar-refractivity contribution in [2.45, 2.75) is 13.5 Å². The van der Waals surface area contributed by atoms with Crippen LogP contribution in [0.25, 0.3) is 10.9 Å². The fourth-order valence-electron chi connectivity index (χ4n) is 2.52. The van der Waals surface area contributed by atoms with E-state index in [0.717, 1.165) is 22.2 Å². The molecule has 3 aromatic rings. The van der Waals surface area contributed by atoms with Gasteiger partial charge in [0, 0.05) is 28.7 Å². The van der Waals surface area contributed by atoms with Gasteiger partial charge in [0.25, 0.3) is 5.91 Å². The standard InChI is InChI=1S/C19H16Cl2N2O2/c1-12-8-13(15-4-2-3-5-17(15)23-12)10-22-19(24)11-25-18-9-14(20)6-7-16(18)21/h2-9H,10-11H2,1H3,(H,22,24). The molecule has 0 radical (unpaired) electrons. The van der Waals surface area contributed by atoms with Crippen molar-refractivity contribution in [3.8, 4) is 5.75 Å². The van der Waals surface area contributed by atoms with Crippen LogP contribution in [-0.4, -0.2) is 17.5 Å². The predicted octanol–water partition coefficient (Wildman–Crippen LogP) is 4.55. The Kier molecular flexibility index (Phi) is 5.41. The molecule has 0 atom stereocenters. The van der Waals surface area contributed by atoms with Gasteiger partial charge in [-0.15, -0.1) is 0 Å². The maximum atomic E-state index is 12.1. The maximum Gasteiger partial charge on any atom is 0.258 e. The SMILES string of the molecule is Cc1cc(CNC(=O)COc2cc(Cl)ccc2Cl)c2ccccc2n1. The number of pyridine rings is 1. The number of halogens is 2. The van der Waals surface area contributed by atoms with Gasteiger partial charge >= 0.3 is 0 Å². The van der Waals surface area contributed by atoms with Gasteiger partial charge in [0.1, 0.15) is 5.75 Å². The fraction of sp³-hybridized carbons (Fsp3) is 0.158. The van der Waals surface area contributed by atoms with E-state index in [9.17, 15) is 4.79 Å². The predicted molar refractivity (Wildman–Crippen MR) is 100 cm³/mol. The second-order valence-corrected chi connectivity index (χ2v) is 6.42. The van der Waals surface area contributed by atoms with Crippen molar-refractivity contribution in [1.82, 2.24) is 10.3 Å². The third-order valence-electron chi connectivity index (χ3n) is 3.66. The van der Waals surface area contributed by atoms with E-state index in [4.69, 9.17) is 27.9 Å². The van der Waals surface area contributed by atoms with Crippen molar-refractivity contribution in [2.24, 2.45) is 0 Å². The number of nitrogens with zero attached hydrogens (tertiary/aromatic N) is 1. The van der Waals surface area contributed by atoms with Crippen molar-refractivity contribution >= 4 is 40.0 Å². The number of amides is 1. The number of fused-ring (bicyclic) bond motifs is 1. The molecule has 0 unspecified atom stereocenters. The number of ether oxygens (including phenoxy) is 1. The summed E-state index contributed by atoms with van der Waals surface area (Å²) in [7, 11) is 0. The van der Waals surface area contributed by atoms with Gasteiger partial charge in [-0.3, -0.25) is 9.78 Å². The van der Waals surface area contributed by atoms with E-state index < -0.39 is 0 Å². The highest BCUT2D eigenvalue weighted by Crippen LogP contribution is 2.27. The minimum Gasteiger partial charge on any atom is -0.482 e. The molecule has 0 aliphatic heterocycles. The van der Waals surface area contributed by atoms with Gasteiger partial charge < -0.3 is 10.1 Å². The first-order valence-electron chi connectivity index (χ1n) is 7.73. The Morgan fingerprint density at radius 1 is 1.16 bits per heavy atom. The van der Waals surface area contributed by atoms with Crippen LogP contribution in [-0.2, 0) is 11.3 Å². The number of nitrogens with one attached hydrogen (secondary N) is 1. The van der Waals surface area contributed by atoms with Crippen molar-refractivity contribution in [2.75, 3.05) is 6.61 Å². The molecule has 25 heavy (non-hydrogen) atoms. The number of carbonyl (C=O) groups is 1. The Bertz CT molecular complexity index is 928. The van der Waals surface area contributed by atoms with Crippen LogP contribution in [0.1, 0.15) is 11.3 Å². The lowest BCUT2D eigenvalue weighted by Gasteiger charge is -2.11. The summed E-state index contributed by atoms with van der Waals surface area (Å²) in [6.45, 7) is 2.19. The normalized spacial score (nSPS) is 10.7. The highest BCUT2D eigenvalue weighted by Gasteiger charge is 2.09. The third-order valence-corrected chi connectivity index (χ3v) is 4.21. The summed E-state index contributed by atoms with van der Waals surface area (Å²) in [6.07, 6.45) is 0. The summed E-state index contributed by atoms with van der Waals surface area (Å²) in [5.41, 5.74) is 2.83. The van der Waals surface area contributed by atoms with E-state index in [1.807, 2.05) is 37.3 Å². The second kappa shape index (κ2) is 7.72. The molecule has 3 rings (SSSR count). The zero-order valence-electron chi connectivity index (χ0n) is 13.6. The molecule has 0 aliphatic carbocycles. The number of aromatic nitrogens is 1. The smallest absolute Gasteiger partial charge is 0.258 e. The largest absolute Gasteiger partial charge is 0.482 e. The van der Waals surface area contributed by atoms with Gasteiger partial charge in [-0.05, 0) is 36.8 Å². The first-order chi connectivity index (χ1) is 12.0. The molecule has 128 valence electrons. The van der Waals surface area contributed by atoms with Crippen molar-refractivity contribution in [3.05, 3.63) is 69.8 Å². The molecule has 4 nitrogen and oxygen atoms in total. The summed E-state index contributed by atoms with van der Waals surface area (Å²) >= 11 is 11.9. The lowest BCUT2D eigenvalue weighted by Crippen LogP contribution is -2.28. The topological polar surface area (TPSA) is 51.2 Å². The number of para-hydroxylation sites is 1. The summed E-state index contributed by atoms with van der Waals surface area (Å²) in [4.78, 5) is 16.6. The highest BCUT2D eigenvalue weighted by atomic mass is 35.5.